The number of benzene rings is 2. The molecule has 0 radical (unpaired) electrons. The number of pyridine rings is 1. The third kappa shape index (κ3) is 3.81. The van der Waals surface area contributed by atoms with Crippen LogP contribution >= 0.6 is 0 Å². The number of carbonyl (C=O) groups is 2. The second-order valence-corrected chi connectivity index (χ2v) is 6.59. The average Bonchev–Trinajstić information content (AvgIpc) is 3.24. The summed E-state index contributed by atoms with van der Waals surface area (Å²) in [6.07, 6.45) is 1.47. The van der Waals surface area contributed by atoms with Crippen molar-refractivity contribution in [2.75, 3.05) is 0 Å². The lowest BCUT2D eigenvalue weighted by Gasteiger charge is -2.15. The highest BCUT2D eigenvalue weighted by Gasteiger charge is 2.14. The molecular formula is C21H18N6O2. The number of primary amides is 1. The van der Waals surface area contributed by atoms with Gasteiger partial charge in [-0.25, -0.2) is 9.67 Å². The molecule has 1 unspecified atom stereocenters. The van der Waals surface area contributed by atoms with E-state index >= 15 is 0 Å². The third-order valence-corrected chi connectivity index (χ3v) is 4.58. The molecule has 144 valence electrons. The minimum atomic E-state index is -0.633. The van der Waals surface area contributed by atoms with Crippen molar-refractivity contribution in [2.45, 2.75) is 13.0 Å². The maximum Gasteiger partial charge on any atom is 0.270 e. The van der Waals surface area contributed by atoms with Crippen LogP contribution in [0.25, 0.3) is 16.6 Å². The maximum absolute atomic E-state index is 12.6. The van der Waals surface area contributed by atoms with E-state index in [0.717, 1.165) is 22.2 Å². The van der Waals surface area contributed by atoms with Crippen LogP contribution in [0.3, 0.4) is 0 Å². The molecule has 2 aromatic heterocycles. The molecule has 0 spiro atoms. The van der Waals surface area contributed by atoms with Crippen molar-refractivity contribution in [1.82, 2.24) is 25.3 Å². The van der Waals surface area contributed by atoms with Crippen molar-refractivity contribution >= 4 is 22.7 Å². The highest BCUT2D eigenvalue weighted by atomic mass is 16.2. The normalized spacial score (nSPS) is 11.9. The van der Waals surface area contributed by atoms with Gasteiger partial charge >= 0.3 is 0 Å². The van der Waals surface area contributed by atoms with Crippen LogP contribution in [0, 0.1) is 0 Å². The zero-order valence-electron chi connectivity index (χ0n) is 15.6. The number of nitrogens with two attached hydrogens (primary N) is 1. The second kappa shape index (κ2) is 7.51. The van der Waals surface area contributed by atoms with Crippen molar-refractivity contribution in [3.63, 3.8) is 0 Å². The lowest BCUT2D eigenvalue weighted by molar-refractivity contribution is 0.0934. The van der Waals surface area contributed by atoms with Crippen LogP contribution in [0.5, 0.6) is 0 Å². The summed E-state index contributed by atoms with van der Waals surface area (Å²) in [5.74, 6) is -0.874. The molecule has 4 aromatic rings. The molecule has 1 atom stereocenters. The van der Waals surface area contributed by atoms with Gasteiger partial charge in [-0.05, 0) is 36.8 Å². The first-order valence-corrected chi connectivity index (χ1v) is 9.00. The van der Waals surface area contributed by atoms with Gasteiger partial charge in [0, 0.05) is 5.39 Å². The SMILES string of the molecule is CC(NC(=O)c1ccc2ccccc2n1)c1ccc(-n2cc(C(N)=O)nn2)cc1. The molecular weight excluding hydrogens is 368 g/mol. The van der Waals surface area contributed by atoms with Crippen molar-refractivity contribution in [1.29, 1.82) is 0 Å². The molecule has 8 heteroatoms. The van der Waals surface area contributed by atoms with Gasteiger partial charge in [0.2, 0.25) is 0 Å². The molecule has 0 aliphatic carbocycles. The Morgan fingerprint density at radius 1 is 1.00 bits per heavy atom. The summed E-state index contributed by atoms with van der Waals surface area (Å²) >= 11 is 0. The van der Waals surface area contributed by atoms with Gasteiger partial charge in [0.25, 0.3) is 11.8 Å². The fourth-order valence-corrected chi connectivity index (χ4v) is 2.97. The number of hydrogen-bond donors (Lipinski definition) is 2. The van der Waals surface area contributed by atoms with E-state index in [1.807, 2.05) is 61.5 Å². The number of aromatic nitrogens is 4. The topological polar surface area (TPSA) is 116 Å². The summed E-state index contributed by atoms with van der Waals surface area (Å²) in [4.78, 5) is 28.2. The van der Waals surface area contributed by atoms with Gasteiger partial charge in [-0.2, -0.15) is 0 Å². The summed E-state index contributed by atoms with van der Waals surface area (Å²) in [6, 6.07) is 18.4. The Kier molecular flexibility index (Phi) is 4.74. The molecule has 2 aromatic carbocycles. The molecule has 2 amide bonds. The van der Waals surface area contributed by atoms with E-state index in [-0.39, 0.29) is 17.6 Å². The number of hydrogen-bond acceptors (Lipinski definition) is 5. The summed E-state index contributed by atoms with van der Waals surface area (Å²) in [5.41, 5.74) is 8.08. The Morgan fingerprint density at radius 2 is 1.76 bits per heavy atom. The van der Waals surface area contributed by atoms with Crippen molar-refractivity contribution in [3.05, 3.63) is 83.8 Å². The fourth-order valence-electron chi connectivity index (χ4n) is 2.97. The van der Waals surface area contributed by atoms with E-state index in [9.17, 15) is 9.59 Å². The van der Waals surface area contributed by atoms with E-state index in [0.29, 0.717) is 5.69 Å². The van der Waals surface area contributed by atoms with Crippen molar-refractivity contribution < 1.29 is 9.59 Å². The monoisotopic (exact) mass is 386 g/mol. The largest absolute Gasteiger partial charge is 0.364 e. The minimum absolute atomic E-state index is 0.0950. The molecule has 4 rings (SSSR count). The van der Waals surface area contributed by atoms with E-state index in [2.05, 4.69) is 20.6 Å². The third-order valence-electron chi connectivity index (χ3n) is 4.58. The molecule has 0 fully saturated rings. The van der Waals surface area contributed by atoms with E-state index in [1.165, 1.54) is 10.9 Å². The number of fused-ring (bicyclic) bond motifs is 1. The van der Waals surface area contributed by atoms with Gasteiger partial charge < -0.3 is 11.1 Å². The predicted molar refractivity (Wildman–Crippen MR) is 108 cm³/mol. The molecule has 0 saturated heterocycles. The van der Waals surface area contributed by atoms with Gasteiger partial charge in [-0.3, -0.25) is 9.59 Å². The fraction of sp³-hybridized carbons (Fsp3) is 0.0952. The Bertz CT molecular complexity index is 1200. The lowest BCUT2D eigenvalue weighted by Crippen LogP contribution is -2.27. The molecule has 2 heterocycles. The first-order valence-electron chi connectivity index (χ1n) is 9.00. The number of nitrogens with one attached hydrogen (secondary N) is 1. The standard InChI is InChI=1S/C21H18N6O2/c1-13(23-21(29)18-11-8-15-4-2-3-5-17(15)24-18)14-6-9-16(10-7-14)27-12-19(20(22)28)25-26-27/h2-13H,1H3,(H2,22,28)(H,23,29). The Hall–Kier alpha value is -4.07. The van der Waals surface area contributed by atoms with Crippen LogP contribution in [0.1, 0.15) is 39.5 Å². The Labute approximate surface area is 166 Å². The molecule has 8 nitrogen and oxygen atoms in total. The zero-order valence-corrected chi connectivity index (χ0v) is 15.6. The number of carbonyl (C=O) groups excluding carboxylic acids is 2. The first kappa shape index (κ1) is 18.3. The second-order valence-electron chi connectivity index (χ2n) is 6.59. The van der Waals surface area contributed by atoms with Crippen LogP contribution in [-0.2, 0) is 0 Å². The highest BCUT2D eigenvalue weighted by Crippen LogP contribution is 2.17. The number of nitrogens with zero attached hydrogens (tertiary/aromatic N) is 4. The van der Waals surface area contributed by atoms with Crippen molar-refractivity contribution in [2.24, 2.45) is 5.73 Å². The van der Waals surface area contributed by atoms with Crippen LogP contribution in [0.15, 0.2) is 66.9 Å². The van der Waals surface area contributed by atoms with Gasteiger partial charge in [0.05, 0.1) is 23.4 Å². The molecule has 0 aliphatic rings. The summed E-state index contributed by atoms with van der Waals surface area (Å²) < 4.78 is 1.46. The average molecular weight is 386 g/mol. The van der Waals surface area contributed by atoms with Gasteiger partial charge in [-0.15, -0.1) is 5.10 Å². The van der Waals surface area contributed by atoms with Crippen LogP contribution in [0.2, 0.25) is 0 Å². The Balaban J connectivity index is 1.47. The molecule has 0 saturated carbocycles. The van der Waals surface area contributed by atoms with E-state index < -0.39 is 5.91 Å². The zero-order chi connectivity index (χ0) is 20.4. The highest BCUT2D eigenvalue weighted by molar-refractivity contribution is 5.95. The number of amides is 2. The summed E-state index contributed by atoms with van der Waals surface area (Å²) in [5, 5.41) is 11.5. The summed E-state index contributed by atoms with van der Waals surface area (Å²) in [7, 11) is 0. The van der Waals surface area contributed by atoms with Crippen LogP contribution < -0.4 is 11.1 Å². The van der Waals surface area contributed by atoms with Crippen LogP contribution in [0.4, 0.5) is 0 Å². The molecule has 0 bridgehead atoms. The minimum Gasteiger partial charge on any atom is -0.364 e. The number of para-hydroxylation sites is 1. The summed E-state index contributed by atoms with van der Waals surface area (Å²) in [6.45, 7) is 1.90. The van der Waals surface area contributed by atoms with E-state index in [4.69, 9.17) is 5.73 Å². The van der Waals surface area contributed by atoms with Gasteiger partial charge in [0.15, 0.2) is 5.69 Å². The predicted octanol–water partition coefficient (Wildman–Crippen LogP) is 2.41. The van der Waals surface area contributed by atoms with E-state index in [1.54, 1.807) is 6.07 Å². The number of rotatable bonds is 5. The van der Waals surface area contributed by atoms with Gasteiger partial charge in [0.1, 0.15) is 5.69 Å². The maximum atomic E-state index is 12.6. The molecule has 0 aliphatic heterocycles. The van der Waals surface area contributed by atoms with Crippen molar-refractivity contribution in [3.8, 4) is 5.69 Å². The quantitative estimate of drug-likeness (QED) is 0.546. The Morgan fingerprint density at radius 3 is 2.48 bits per heavy atom. The van der Waals surface area contributed by atoms with Gasteiger partial charge in [-0.1, -0.05) is 41.6 Å². The molecule has 29 heavy (non-hydrogen) atoms. The lowest BCUT2D eigenvalue weighted by atomic mass is 10.1. The van der Waals surface area contributed by atoms with Crippen LogP contribution in [-0.4, -0.2) is 31.8 Å². The smallest absolute Gasteiger partial charge is 0.270 e. The first-order chi connectivity index (χ1) is 14.0. The molecule has 3 N–H and O–H groups in total.